The van der Waals surface area contributed by atoms with Gasteiger partial charge in [-0.3, -0.25) is 28.8 Å². The van der Waals surface area contributed by atoms with E-state index in [2.05, 4.69) is 49.2 Å². The summed E-state index contributed by atoms with van der Waals surface area (Å²) in [5.41, 5.74) is 17.2. The molecule has 0 fully saturated rings. The smallest absolute Gasteiger partial charge is 0.326 e. The van der Waals surface area contributed by atoms with Crippen molar-refractivity contribution in [3.05, 3.63) is 18.2 Å². The van der Waals surface area contributed by atoms with E-state index in [1.165, 1.54) is 31.2 Å². The van der Waals surface area contributed by atoms with Crippen LogP contribution >= 0.6 is 24.4 Å². The minimum absolute atomic E-state index is 0.0692. The van der Waals surface area contributed by atoms with Crippen LogP contribution in [0.5, 0.6) is 0 Å². The van der Waals surface area contributed by atoms with Gasteiger partial charge in [0.05, 0.1) is 18.8 Å². The van der Waals surface area contributed by atoms with Crippen LogP contribution in [-0.4, -0.2) is 117 Å². The molecule has 0 aliphatic heterocycles. The van der Waals surface area contributed by atoms with Crippen molar-refractivity contribution in [2.24, 2.45) is 17.2 Å². The third-order valence-electron chi connectivity index (χ3n) is 6.74. The largest absolute Gasteiger partial charge is 0.480 e. The molecule has 0 aliphatic rings. The van der Waals surface area contributed by atoms with Gasteiger partial charge in [-0.15, -0.1) is 0 Å². The lowest BCUT2D eigenvalue weighted by Crippen LogP contribution is -2.59. The van der Waals surface area contributed by atoms with Crippen molar-refractivity contribution in [3.63, 3.8) is 0 Å². The number of primary amides is 1. The fourth-order valence-corrected chi connectivity index (χ4v) is 4.81. The lowest BCUT2D eigenvalue weighted by atomic mass is 10.1. The molecule has 0 saturated heterocycles. The van der Waals surface area contributed by atoms with Crippen LogP contribution in [0.4, 0.5) is 0 Å². The first kappa shape index (κ1) is 41.1. The van der Waals surface area contributed by atoms with Crippen molar-refractivity contribution < 1.29 is 38.7 Å². The Morgan fingerprint density at radius 3 is 2.04 bits per heavy atom. The molecule has 264 valence electrons. The Hall–Kier alpha value is -3.88. The third kappa shape index (κ3) is 15.5. The number of unbranched alkanes of at least 4 members (excludes halogenated alkanes) is 1. The first-order valence-corrected chi connectivity index (χ1v) is 16.8. The second-order valence-electron chi connectivity index (χ2n) is 10.6. The highest BCUT2D eigenvalue weighted by Crippen LogP contribution is 2.06. The third-order valence-corrected chi connectivity index (χ3v) is 7.75. The Morgan fingerprint density at radius 1 is 0.894 bits per heavy atom. The molecule has 20 heteroatoms. The molecule has 13 N–H and O–H groups in total. The van der Waals surface area contributed by atoms with Crippen molar-refractivity contribution in [1.82, 2.24) is 36.6 Å². The average molecular weight is 703 g/mol. The Balaban J connectivity index is 2.90. The number of carboxylic acid groups (broad SMARTS) is 1. The zero-order valence-electron chi connectivity index (χ0n) is 26.3. The number of aromatic nitrogens is 2. The molecule has 47 heavy (non-hydrogen) atoms. The van der Waals surface area contributed by atoms with E-state index in [0.717, 1.165) is 0 Å². The number of hydrogen-bond acceptors (Lipinski definition) is 12. The van der Waals surface area contributed by atoms with E-state index in [4.69, 9.17) is 17.2 Å². The number of nitrogens with zero attached hydrogens (tertiary/aromatic N) is 1. The number of carboxylic acids is 1. The summed E-state index contributed by atoms with van der Waals surface area (Å²) >= 11 is 5.51. The topological polar surface area (TPSA) is 307 Å². The number of thiol groups is 1. The van der Waals surface area contributed by atoms with Crippen molar-refractivity contribution in [3.8, 4) is 0 Å². The summed E-state index contributed by atoms with van der Waals surface area (Å²) < 4.78 is 0. The van der Waals surface area contributed by atoms with Gasteiger partial charge >= 0.3 is 5.97 Å². The van der Waals surface area contributed by atoms with Crippen LogP contribution in [-0.2, 0) is 40.0 Å². The molecule has 18 nitrogen and oxygen atoms in total. The molecule has 0 saturated carbocycles. The SMILES string of the molecule is CSCC[C@H](NC(=O)[C@H](C)NC(=O)[C@H](CC(N)=O)NC(=O)[C@@H](N)Cc1cnc[nH]1)C(=O)N[C@@H](CS)C(=O)N[C@@H](CCCCN)C(=O)O. The van der Waals surface area contributed by atoms with Gasteiger partial charge in [-0.1, -0.05) is 0 Å². The summed E-state index contributed by atoms with van der Waals surface area (Å²) in [6.45, 7) is 1.69. The number of H-pyrrole nitrogens is 1. The maximum atomic E-state index is 13.2. The van der Waals surface area contributed by atoms with Crippen LogP contribution in [0.15, 0.2) is 12.5 Å². The molecule has 0 unspecified atom stereocenters. The number of aliphatic carboxylic acids is 1. The van der Waals surface area contributed by atoms with Crippen LogP contribution < -0.4 is 43.8 Å². The Kier molecular flexibility index (Phi) is 19.1. The summed E-state index contributed by atoms with van der Waals surface area (Å²) in [5, 5.41) is 21.6. The first-order valence-electron chi connectivity index (χ1n) is 14.8. The lowest BCUT2D eigenvalue weighted by Gasteiger charge is -2.25. The van der Waals surface area contributed by atoms with Crippen LogP contribution in [0.3, 0.4) is 0 Å². The second kappa shape index (κ2) is 21.8. The highest BCUT2D eigenvalue weighted by atomic mass is 32.2. The molecular formula is C27H46N10O8S2. The van der Waals surface area contributed by atoms with Gasteiger partial charge in [0.1, 0.15) is 30.2 Å². The number of amides is 6. The average Bonchev–Trinajstić information content (AvgIpc) is 3.53. The molecule has 1 rings (SSSR count). The molecular weight excluding hydrogens is 656 g/mol. The predicted octanol–water partition coefficient (Wildman–Crippen LogP) is -3.50. The summed E-state index contributed by atoms with van der Waals surface area (Å²) in [5.74, 6) is -5.80. The van der Waals surface area contributed by atoms with E-state index >= 15 is 0 Å². The van der Waals surface area contributed by atoms with Crippen molar-refractivity contribution in [2.45, 2.75) is 81.7 Å². The van der Waals surface area contributed by atoms with Crippen molar-refractivity contribution in [1.29, 1.82) is 0 Å². The number of hydrogen-bond donors (Lipinski definition) is 11. The molecule has 6 amide bonds. The fourth-order valence-electron chi connectivity index (χ4n) is 4.08. The Labute approximate surface area is 282 Å². The Morgan fingerprint density at radius 2 is 1.49 bits per heavy atom. The van der Waals surface area contributed by atoms with E-state index in [-0.39, 0.29) is 25.0 Å². The summed E-state index contributed by atoms with van der Waals surface area (Å²) in [7, 11) is 0. The quantitative estimate of drug-likeness (QED) is 0.0391. The molecule has 1 aromatic heterocycles. The lowest BCUT2D eigenvalue weighted by molar-refractivity contribution is -0.142. The normalized spacial score (nSPS) is 14.7. The number of nitrogens with two attached hydrogens (primary N) is 3. The first-order chi connectivity index (χ1) is 22.2. The van der Waals surface area contributed by atoms with Crippen LogP contribution in [0.2, 0.25) is 0 Å². The van der Waals surface area contributed by atoms with Gasteiger partial charge in [0, 0.05) is 24.1 Å². The van der Waals surface area contributed by atoms with Crippen molar-refractivity contribution >= 4 is 65.8 Å². The van der Waals surface area contributed by atoms with Gasteiger partial charge in [0.2, 0.25) is 35.4 Å². The van der Waals surface area contributed by atoms with E-state index in [9.17, 15) is 38.7 Å². The minimum Gasteiger partial charge on any atom is -0.480 e. The number of aromatic amines is 1. The van der Waals surface area contributed by atoms with Gasteiger partial charge in [-0.05, 0) is 51.2 Å². The van der Waals surface area contributed by atoms with E-state index in [0.29, 0.717) is 30.8 Å². The number of carbonyl (C=O) groups is 7. The minimum atomic E-state index is -1.45. The van der Waals surface area contributed by atoms with Crippen LogP contribution in [0, 0.1) is 0 Å². The van der Waals surface area contributed by atoms with E-state index in [1.54, 1.807) is 6.26 Å². The highest BCUT2D eigenvalue weighted by molar-refractivity contribution is 7.98. The Bertz CT molecular complexity index is 1210. The van der Waals surface area contributed by atoms with Crippen molar-refractivity contribution in [2.75, 3.05) is 24.3 Å². The molecule has 0 spiro atoms. The summed E-state index contributed by atoms with van der Waals surface area (Å²) in [4.78, 5) is 94.5. The number of carbonyl (C=O) groups excluding carboxylic acids is 6. The summed E-state index contributed by atoms with van der Waals surface area (Å²) in [6.07, 6.45) is 5.49. The van der Waals surface area contributed by atoms with Gasteiger partial charge < -0.3 is 53.9 Å². The molecule has 0 aromatic carbocycles. The zero-order valence-corrected chi connectivity index (χ0v) is 28.0. The van der Waals surface area contributed by atoms with Gasteiger partial charge in [-0.25, -0.2) is 9.78 Å². The molecule has 0 aliphatic carbocycles. The number of thioether (sulfide) groups is 1. The number of nitrogens with one attached hydrogen (secondary N) is 6. The fraction of sp³-hybridized carbons (Fsp3) is 0.630. The maximum absolute atomic E-state index is 13.2. The van der Waals surface area contributed by atoms with Crippen LogP contribution in [0.1, 0.15) is 44.7 Å². The summed E-state index contributed by atoms with van der Waals surface area (Å²) in [6, 6.07) is -7.34. The second-order valence-corrected chi connectivity index (χ2v) is 12.0. The van der Waals surface area contributed by atoms with E-state index < -0.39 is 84.1 Å². The van der Waals surface area contributed by atoms with E-state index in [1.807, 2.05) is 0 Å². The standard InChI is InChI=1S/C27H46N10O8S2/c1-14(33-25(42)19(10-21(30)38)36-23(40)16(29)9-15-11-31-13-32-15)22(39)34-17(6-8-47-2)24(41)37-20(12-46)26(43)35-18(27(44)45)5-3-4-7-28/h11,13-14,16-20,46H,3-10,12,28-29H2,1-2H3,(H2,30,38)(H,31,32)(H,33,42)(H,34,39)(H,35,43)(H,36,40)(H,37,41)(H,44,45)/t14-,16-,17-,18-,19-,20-/m0/s1. The van der Waals surface area contributed by atoms with Gasteiger partial charge in [-0.2, -0.15) is 24.4 Å². The molecule has 6 atom stereocenters. The monoisotopic (exact) mass is 702 g/mol. The zero-order chi connectivity index (χ0) is 35.5. The number of rotatable bonds is 23. The molecule has 0 bridgehead atoms. The number of imidazole rings is 1. The predicted molar refractivity (Wildman–Crippen MR) is 177 cm³/mol. The van der Waals surface area contributed by atoms with Crippen LogP contribution in [0.25, 0.3) is 0 Å². The molecule has 0 radical (unpaired) electrons. The highest BCUT2D eigenvalue weighted by Gasteiger charge is 2.31. The van der Waals surface area contributed by atoms with Gasteiger partial charge in [0.15, 0.2) is 0 Å². The maximum Gasteiger partial charge on any atom is 0.326 e. The molecule has 1 heterocycles. The van der Waals surface area contributed by atoms with Gasteiger partial charge in [0.25, 0.3) is 0 Å². The molecule has 1 aromatic rings.